The molecule has 4 heteroatoms. The van der Waals surface area contributed by atoms with Crippen molar-refractivity contribution in [3.8, 4) is 0 Å². The lowest BCUT2D eigenvalue weighted by Gasteiger charge is -2.22. The third kappa shape index (κ3) is 32.3. The van der Waals surface area contributed by atoms with E-state index in [9.17, 15) is 15.0 Å². The maximum atomic E-state index is 12.3. The Hall–Kier alpha value is -0.870. The Morgan fingerprint density at radius 3 is 1.28 bits per heavy atom. The van der Waals surface area contributed by atoms with Crippen LogP contribution in [0.25, 0.3) is 0 Å². The minimum Gasteiger partial charge on any atom is -0.394 e. The number of amides is 1. The van der Waals surface area contributed by atoms with Crippen molar-refractivity contribution in [1.29, 1.82) is 0 Å². The number of hydrogen-bond acceptors (Lipinski definition) is 3. The topological polar surface area (TPSA) is 69.6 Å². The maximum absolute atomic E-state index is 12.3. The van der Waals surface area contributed by atoms with E-state index in [4.69, 9.17) is 0 Å². The van der Waals surface area contributed by atoms with Crippen molar-refractivity contribution >= 4 is 5.91 Å². The molecule has 0 aliphatic carbocycles. The van der Waals surface area contributed by atoms with Gasteiger partial charge in [0.15, 0.2) is 0 Å². The summed E-state index contributed by atoms with van der Waals surface area (Å²) in [5.74, 6) is -0.0354. The molecule has 43 heavy (non-hydrogen) atoms. The summed E-state index contributed by atoms with van der Waals surface area (Å²) in [7, 11) is 0. The van der Waals surface area contributed by atoms with Gasteiger partial charge in [0, 0.05) is 6.42 Å². The second kappa shape index (κ2) is 35.6. The SMILES string of the molecule is CCCCCCCC/C=C\CCCCCCCCCC(=O)NC(CO)C(O)CCCCCCCCCCCCCCCC. The minimum absolute atomic E-state index is 0.0354. The molecule has 2 atom stereocenters. The molecule has 0 saturated heterocycles. The molecule has 0 fully saturated rings. The summed E-state index contributed by atoms with van der Waals surface area (Å²) in [6.45, 7) is 4.35. The Morgan fingerprint density at radius 1 is 0.535 bits per heavy atom. The zero-order valence-electron chi connectivity index (χ0n) is 29.2. The molecule has 2 unspecified atom stereocenters. The summed E-state index contributed by atoms with van der Waals surface area (Å²) in [5, 5.41) is 23.1. The average molecular weight is 608 g/mol. The van der Waals surface area contributed by atoms with Gasteiger partial charge in [-0.05, 0) is 38.5 Å². The number of hydrogen-bond donors (Lipinski definition) is 3. The second-order valence-corrected chi connectivity index (χ2v) is 13.4. The van der Waals surface area contributed by atoms with Crippen molar-refractivity contribution in [2.45, 2.75) is 225 Å². The summed E-state index contributed by atoms with van der Waals surface area (Å²) >= 11 is 0. The van der Waals surface area contributed by atoms with E-state index in [1.54, 1.807) is 0 Å². The summed E-state index contributed by atoms with van der Waals surface area (Å²) in [5.41, 5.74) is 0. The van der Waals surface area contributed by atoms with Crippen LogP contribution < -0.4 is 5.32 Å². The van der Waals surface area contributed by atoms with Crippen LogP contribution in [0, 0.1) is 0 Å². The Kier molecular flexibility index (Phi) is 34.9. The summed E-state index contributed by atoms with van der Waals surface area (Å²) in [6, 6.07) is -0.533. The van der Waals surface area contributed by atoms with Gasteiger partial charge < -0.3 is 15.5 Å². The van der Waals surface area contributed by atoms with Crippen LogP contribution in [0.5, 0.6) is 0 Å². The zero-order valence-corrected chi connectivity index (χ0v) is 29.2. The van der Waals surface area contributed by atoms with Crippen LogP contribution in [0.3, 0.4) is 0 Å². The van der Waals surface area contributed by atoms with Crippen LogP contribution in [0.1, 0.15) is 213 Å². The fraction of sp³-hybridized carbons (Fsp3) is 0.923. The van der Waals surface area contributed by atoms with E-state index < -0.39 is 12.1 Å². The number of rotatable bonds is 35. The van der Waals surface area contributed by atoms with Crippen LogP contribution >= 0.6 is 0 Å². The number of allylic oxidation sites excluding steroid dienone is 2. The van der Waals surface area contributed by atoms with Gasteiger partial charge in [-0.2, -0.15) is 0 Å². The van der Waals surface area contributed by atoms with Gasteiger partial charge in [0.25, 0.3) is 0 Å². The molecule has 1 amide bonds. The van der Waals surface area contributed by atoms with Crippen molar-refractivity contribution < 1.29 is 15.0 Å². The molecule has 0 spiro atoms. The third-order valence-corrected chi connectivity index (χ3v) is 9.03. The Balaban J connectivity index is 3.54. The highest BCUT2D eigenvalue weighted by atomic mass is 16.3. The summed E-state index contributed by atoms with van der Waals surface area (Å²) < 4.78 is 0. The fourth-order valence-electron chi connectivity index (χ4n) is 6.00. The van der Waals surface area contributed by atoms with Crippen molar-refractivity contribution in [2.24, 2.45) is 0 Å². The first-order chi connectivity index (χ1) is 21.2. The van der Waals surface area contributed by atoms with E-state index >= 15 is 0 Å². The molecule has 0 rings (SSSR count). The molecular weight excluding hydrogens is 530 g/mol. The third-order valence-electron chi connectivity index (χ3n) is 9.03. The first kappa shape index (κ1) is 42.1. The summed E-state index contributed by atoms with van der Waals surface area (Å²) in [6.07, 6.45) is 42.6. The minimum atomic E-state index is -0.656. The summed E-state index contributed by atoms with van der Waals surface area (Å²) in [4.78, 5) is 12.3. The number of carbonyl (C=O) groups excluding carboxylic acids is 1. The molecule has 0 aromatic rings. The predicted molar refractivity (Wildman–Crippen MR) is 189 cm³/mol. The van der Waals surface area contributed by atoms with E-state index in [-0.39, 0.29) is 12.5 Å². The number of nitrogens with one attached hydrogen (secondary N) is 1. The molecule has 0 heterocycles. The van der Waals surface area contributed by atoms with Gasteiger partial charge >= 0.3 is 0 Å². The number of carbonyl (C=O) groups is 1. The lowest BCUT2D eigenvalue weighted by atomic mass is 10.0. The van der Waals surface area contributed by atoms with Crippen molar-refractivity contribution in [1.82, 2.24) is 5.32 Å². The first-order valence-electron chi connectivity index (χ1n) is 19.4. The normalized spacial score (nSPS) is 13.1. The standard InChI is InChI=1S/C39H77NO3/c1-3-5-7-9-11-13-15-17-19-20-21-23-25-27-29-31-33-35-39(43)40-37(36-41)38(42)34-32-30-28-26-24-22-18-16-14-12-10-8-6-4-2/h17,19,37-38,41-42H,3-16,18,20-36H2,1-2H3,(H,40,43)/b19-17-. The van der Waals surface area contributed by atoms with E-state index in [1.807, 2.05) is 0 Å². The molecule has 3 N–H and O–H groups in total. The van der Waals surface area contributed by atoms with Crippen LogP contribution in [0.4, 0.5) is 0 Å². The van der Waals surface area contributed by atoms with Gasteiger partial charge in [0.2, 0.25) is 5.91 Å². The lowest BCUT2D eigenvalue weighted by molar-refractivity contribution is -0.123. The number of unbranched alkanes of at least 4 members (excludes halogenated alkanes) is 26. The molecule has 0 aromatic heterocycles. The highest BCUT2D eigenvalue weighted by molar-refractivity contribution is 5.76. The van der Waals surface area contributed by atoms with Crippen molar-refractivity contribution in [2.75, 3.05) is 6.61 Å². The monoisotopic (exact) mass is 608 g/mol. The van der Waals surface area contributed by atoms with Crippen LogP contribution in [-0.4, -0.2) is 34.9 Å². The van der Waals surface area contributed by atoms with Crippen molar-refractivity contribution in [3.63, 3.8) is 0 Å². The highest BCUT2D eigenvalue weighted by Gasteiger charge is 2.19. The Labute approximate surface area is 269 Å². The highest BCUT2D eigenvalue weighted by Crippen LogP contribution is 2.15. The molecule has 0 aromatic carbocycles. The zero-order chi connectivity index (χ0) is 31.5. The fourth-order valence-corrected chi connectivity index (χ4v) is 6.00. The van der Waals surface area contributed by atoms with E-state index in [2.05, 4.69) is 31.3 Å². The lowest BCUT2D eigenvalue weighted by Crippen LogP contribution is -2.45. The van der Waals surface area contributed by atoms with Gasteiger partial charge in [0.05, 0.1) is 18.8 Å². The molecule has 256 valence electrons. The number of aliphatic hydroxyl groups is 2. The van der Waals surface area contributed by atoms with Gasteiger partial charge in [-0.1, -0.05) is 180 Å². The predicted octanol–water partition coefficient (Wildman–Crippen LogP) is 11.5. The van der Waals surface area contributed by atoms with Crippen LogP contribution in [0.15, 0.2) is 12.2 Å². The van der Waals surface area contributed by atoms with Gasteiger partial charge in [-0.15, -0.1) is 0 Å². The maximum Gasteiger partial charge on any atom is 0.220 e. The van der Waals surface area contributed by atoms with Gasteiger partial charge in [-0.25, -0.2) is 0 Å². The molecule has 0 saturated carbocycles. The number of aliphatic hydroxyl groups excluding tert-OH is 2. The Morgan fingerprint density at radius 2 is 0.884 bits per heavy atom. The first-order valence-corrected chi connectivity index (χ1v) is 19.4. The molecule has 4 nitrogen and oxygen atoms in total. The van der Waals surface area contributed by atoms with E-state index in [1.165, 1.54) is 161 Å². The molecule has 0 aliphatic heterocycles. The molecular formula is C39H77NO3. The van der Waals surface area contributed by atoms with Gasteiger partial charge in [-0.3, -0.25) is 4.79 Å². The quantitative estimate of drug-likeness (QED) is 0.0496. The average Bonchev–Trinajstić information content (AvgIpc) is 3.01. The van der Waals surface area contributed by atoms with Crippen LogP contribution in [-0.2, 0) is 4.79 Å². The smallest absolute Gasteiger partial charge is 0.220 e. The van der Waals surface area contributed by atoms with E-state index in [0.29, 0.717) is 12.8 Å². The largest absolute Gasteiger partial charge is 0.394 e. The molecule has 0 bridgehead atoms. The van der Waals surface area contributed by atoms with Crippen molar-refractivity contribution in [3.05, 3.63) is 12.2 Å². The van der Waals surface area contributed by atoms with E-state index in [0.717, 1.165) is 25.7 Å². The van der Waals surface area contributed by atoms with Gasteiger partial charge in [0.1, 0.15) is 0 Å². The van der Waals surface area contributed by atoms with Crippen LogP contribution in [0.2, 0.25) is 0 Å². The molecule has 0 radical (unpaired) electrons. The second-order valence-electron chi connectivity index (χ2n) is 13.4. The Bertz CT molecular complexity index is 579. The molecule has 0 aliphatic rings.